The maximum Gasteiger partial charge on any atom is 0.164 e. The Bertz CT molecular complexity index is 9580. The van der Waals surface area contributed by atoms with Crippen molar-refractivity contribution in [3.05, 3.63) is 496 Å². The van der Waals surface area contributed by atoms with Gasteiger partial charge in [0.25, 0.3) is 0 Å². The van der Waals surface area contributed by atoms with Crippen molar-refractivity contribution in [2.75, 3.05) is 0 Å². The molecule has 3 aliphatic carbocycles. The highest BCUT2D eigenvalue weighted by Crippen LogP contribution is 2.55. The second kappa shape index (κ2) is 35.7. The number of hydrogen-bond donors (Lipinski definition) is 0. The third-order valence-electron chi connectivity index (χ3n) is 29.0. The second-order valence-electron chi connectivity index (χ2n) is 37.3. The molecule has 0 atom stereocenters. The van der Waals surface area contributed by atoms with Gasteiger partial charge in [0, 0.05) is 117 Å². The molecule has 0 radical (unpaired) electrons. The van der Waals surface area contributed by atoms with Crippen LogP contribution < -0.4 is 0 Å². The normalized spacial score (nSPS) is 11.7. The molecule has 12 heteroatoms. The number of fused-ring (bicyclic) bond motifs is 17. The Morgan fingerprint density at radius 2 is 0.390 bits per heavy atom. The van der Waals surface area contributed by atoms with E-state index in [1.165, 1.54) is 155 Å². The van der Waals surface area contributed by atoms with E-state index < -0.39 is 0 Å². The molecule has 0 aliphatic heterocycles. The second-order valence-corrected chi connectivity index (χ2v) is 37.3. The summed E-state index contributed by atoms with van der Waals surface area (Å²) < 4.78 is 7.23. The van der Waals surface area contributed by atoms with Crippen LogP contribution >= 0.6 is 0 Å². The van der Waals surface area contributed by atoms with Crippen molar-refractivity contribution in [3.63, 3.8) is 0 Å². The summed E-state index contributed by atoms with van der Waals surface area (Å²) in [5, 5.41) is 8.43. The van der Waals surface area contributed by atoms with Gasteiger partial charge < -0.3 is 13.7 Å². The van der Waals surface area contributed by atoms with E-state index in [2.05, 4.69) is 362 Å². The molecule has 146 heavy (non-hydrogen) atoms. The van der Waals surface area contributed by atoms with Crippen molar-refractivity contribution in [1.82, 2.24) is 58.6 Å². The Morgan fingerprint density at radius 3 is 0.733 bits per heavy atom. The maximum absolute atomic E-state index is 5.08. The molecule has 684 valence electrons. The van der Waals surface area contributed by atoms with Gasteiger partial charge in [-0.15, -0.1) is 0 Å². The van der Waals surface area contributed by atoms with E-state index in [0.29, 0.717) is 52.4 Å². The average molecular weight is 1870 g/mol. The Balaban J connectivity index is 0.000000109. The van der Waals surface area contributed by atoms with E-state index in [1.54, 1.807) is 0 Å². The summed E-state index contributed by atoms with van der Waals surface area (Å²) in [5.74, 6) is 5.88. The zero-order chi connectivity index (χ0) is 97.0. The summed E-state index contributed by atoms with van der Waals surface area (Å²) in [6.45, 7) is 6.75. The van der Waals surface area contributed by atoms with Crippen molar-refractivity contribution >= 4 is 54.3 Å². The van der Waals surface area contributed by atoms with Crippen molar-refractivity contribution in [2.24, 2.45) is 0 Å². The highest BCUT2D eigenvalue weighted by Gasteiger charge is 2.33. The molecule has 6 aromatic heterocycles. The molecule has 0 spiro atoms. The van der Waals surface area contributed by atoms with Gasteiger partial charge in [-0.2, -0.15) is 0 Å². The Labute approximate surface area is 843 Å². The molecule has 6 heterocycles. The molecule has 3 aliphatic rings. The lowest BCUT2D eigenvalue weighted by atomic mass is 9.94. The van der Waals surface area contributed by atoms with Crippen molar-refractivity contribution in [3.8, 4) is 220 Å². The van der Waals surface area contributed by atoms with Crippen molar-refractivity contribution < 1.29 is 0 Å². The first-order valence-electron chi connectivity index (χ1n) is 49.5. The van der Waals surface area contributed by atoms with Gasteiger partial charge in [0.1, 0.15) is 0 Å². The molecule has 0 saturated heterocycles. The van der Waals surface area contributed by atoms with Crippen molar-refractivity contribution in [2.45, 2.75) is 20.8 Å². The molecule has 0 fully saturated rings. The van der Waals surface area contributed by atoms with Gasteiger partial charge in [0.15, 0.2) is 52.4 Å². The molecular weight excluding hydrogens is 1780 g/mol. The highest BCUT2D eigenvalue weighted by atomic mass is 15.1. The van der Waals surface area contributed by atoms with E-state index in [4.69, 9.17) is 44.9 Å². The number of aromatic nitrogens is 12. The smallest absolute Gasteiger partial charge is 0.164 e. The number of nitrogens with zero attached hydrogens (tertiary/aromatic N) is 12. The molecule has 12 nitrogen and oxygen atoms in total. The standard InChI is InChI=1S/2C46H30N4.C42H28N4/c1-29-42-37-24-13-11-20-33(37)32-19-8-9-21-34(32)38-25-14-26-41(43(38)42)50(29)40-28-27-39(35-22-10-12-23-36(35)40)46-48-44(30-15-4-2-5-16-30)47-45(49-46)31-17-6-3-7-18-31;1-29-42-39-19-10-9-17-37(39)36-16-7-8-18-38(36)40-20-11-21-41(43(40)42)50(29)35-26-24-32(25-27-35)45-47-44(31-13-3-2-4-14-31)48-46(49-45)34-23-22-30-12-5-6-15-33(30)28-34;1-27-38-35-20-11-10-18-33(35)32-17-8-9-19-34(32)36-21-12-22-37(39(36)38)46(27)31-25-23-30(24-26-31)42-44-40(28-13-4-2-5-14-28)43-41(45-42)29-15-6-3-7-16-29/h2*2-28H,1H3;2-26H,1H3. The van der Waals surface area contributed by atoms with Gasteiger partial charge in [-0.25, -0.2) is 44.9 Å². The lowest BCUT2D eigenvalue weighted by molar-refractivity contribution is 1.05. The SMILES string of the molecule is Cc1c2c3c(cccc3n1-c1ccc(-c3nc(-c4ccccc4)nc(-c4ccc5ccccc5c4)n3)cc1)-c1ccccc1-c1ccccc1-2.Cc1c2c3c(cccc3n1-c1ccc(-c3nc(-c4ccccc4)nc(-c4ccccc4)n3)c3ccccc13)-c1ccccc1-c1ccccc1-2.Cc1c2c3c(cccc3n1-c1ccc(-c3nc(-c4ccccc4)nc(-c4ccccc4)n3)cc1)-c1ccccc1-c1ccccc1-2. The fourth-order valence-electron chi connectivity index (χ4n) is 22.4. The van der Waals surface area contributed by atoms with E-state index in [1.807, 2.05) is 152 Å². The Hall–Kier alpha value is -19.4. The third kappa shape index (κ3) is 14.6. The Morgan fingerprint density at radius 1 is 0.151 bits per heavy atom. The van der Waals surface area contributed by atoms with Crippen LogP contribution in [0.15, 0.2) is 479 Å². The van der Waals surface area contributed by atoms with E-state index in [9.17, 15) is 0 Å². The highest BCUT2D eigenvalue weighted by molar-refractivity contribution is 6.19. The fourth-order valence-corrected chi connectivity index (χ4v) is 22.4. The minimum atomic E-state index is 0.644. The molecule has 0 N–H and O–H groups in total. The molecule has 0 bridgehead atoms. The van der Waals surface area contributed by atoms with Gasteiger partial charge in [0.05, 0.1) is 22.2 Å². The molecule has 29 rings (SSSR count). The number of benzene rings is 20. The van der Waals surface area contributed by atoms with Crippen LogP contribution in [0.25, 0.3) is 274 Å². The van der Waals surface area contributed by atoms with E-state index in [-0.39, 0.29) is 0 Å². The molecule has 0 saturated carbocycles. The average Bonchev–Trinajstić information content (AvgIpc) is 1.54. The van der Waals surface area contributed by atoms with Gasteiger partial charge in [-0.3, -0.25) is 0 Å². The zero-order valence-corrected chi connectivity index (χ0v) is 80.0. The van der Waals surface area contributed by atoms with Crippen LogP contribution in [0.3, 0.4) is 0 Å². The maximum atomic E-state index is 5.08. The first-order chi connectivity index (χ1) is 72.2. The largest absolute Gasteiger partial charge is 0.313 e. The van der Waals surface area contributed by atoms with Crippen LogP contribution in [0.4, 0.5) is 0 Å². The first-order valence-corrected chi connectivity index (χ1v) is 49.5. The topological polar surface area (TPSA) is 131 Å². The first kappa shape index (κ1) is 85.7. The van der Waals surface area contributed by atoms with Gasteiger partial charge in [-0.1, -0.05) is 394 Å². The zero-order valence-electron chi connectivity index (χ0n) is 80.0. The molecule has 20 aromatic carbocycles. The summed E-state index contributed by atoms with van der Waals surface area (Å²) in [4.78, 5) is 44.8. The summed E-state index contributed by atoms with van der Waals surface area (Å²) in [5.41, 5.74) is 42.0. The summed E-state index contributed by atoms with van der Waals surface area (Å²) in [6, 6.07) is 169. The van der Waals surface area contributed by atoms with E-state index in [0.717, 1.165) is 83.3 Å². The molecule has 0 unspecified atom stereocenters. The van der Waals surface area contributed by atoms with Crippen LogP contribution in [0.1, 0.15) is 17.1 Å². The lowest BCUT2D eigenvalue weighted by Crippen LogP contribution is -2.02. The van der Waals surface area contributed by atoms with Crippen LogP contribution in [-0.4, -0.2) is 58.6 Å². The predicted molar refractivity (Wildman–Crippen MR) is 598 cm³/mol. The van der Waals surface area contributed by atoms with Gasteiger partial charge in [0.2, 0.25) is 0 Å². The minimum Gasteiger partial charge on any atom is -0.313 e. The third-order valence-corrected chi connectivity index (χ3v) is 29.0. The summed E-state index contributed by atoms with van der Waals surface area (Å²) in [6.07, 6.45) is 0. The van der Waals surface area contributed by atoms with Gasteiger partial charge >= 0.3 is 0 Å². The van der Waals surface area contributed by atoms with Crippen LogP contribution in [0, 0.1) is 20.8 Å². The Kier molecular flexibility index (Phi) is 21.0. The fraction of sp³-hybridized carbons (Fsp3) is 0.0224. The molecule has 26 aromatic rings. The quantitative estimate of drug-likeness (QED) is 0.117. The predicted octanol–water partition coefficient (Wildman–Crippen LogP) is 33.6. The number of hydrogen-bond acceptors (Lipinski definition) is 9. The van der Waals surface area contributed by atoms with Crippen molar-refractivity contribution in [1.29, 1.82) is 0 Å². The summed E-state index contributed by atoms with van der Waals surface area (Å²) in [7, 11) is 0. The van der Waals surface area contributed by atoms with Crippen LogP contribution in [0.5, 0.6) is 0 Å². The monoisotopic (exact) mass is 1860 g/mol. The number of rotatable bonds is 12. The lowest BCUT2D eigenvalue weighted by Gasteiger charge is -2.17. The van der Waals surface area contributed by atoms with Crippen LogP contribution in [-0.2, 0) is 0 Å². The molecule has 0 amide bonds. The summed E-state index contributed by atoms with van der Waals surface area (Å²) >= 11 is 0. The van der Waals surface area contributed by atoms with E-state index >= 15 is 0 Å². The minimum absolute atomic E-state index is 0.644. The van der Waals surface area contributed by atoms with Crippen LogP contribution in [0.2, 0.25) is 0 Å². The molecular formula is C134H88N12. The van der Waals surface area contributed by atoms with Gasteiger partial charge in [-0.05, 0) is 205 Å².